The van der Waals surface area contributed by atoms with E-state index in [9.17, 15) is 14.7 Å². The second-order valence-electron chi connectivity index (χ2n) is 5.06. The van der Waals surface area contributed by atoms with Crippen LogP contribution in [-0.4, -0.2) is 47.3 Å². The SMILES string of the molecule is C#CCNC(=O)[C@@H](NC(=O)NCCc1ncccc1C)[C@@H](C)O. The topological polar surface area (TPSA) is 103 Å². The molecule has 0 fully saturated rings. The number of carbonyl (C=O) groups is 2. The molecular weight excluding hydrogens is 296 g/mol. The van der Waals surface area contributed by atoms with E-state index in [1.807, 2.05) is 19.1 Å². The first-order chi connectivity index (χ1) is 11.0. The number of urea groups is 1. The number of aryl methyl sites for hydroxylation is 1. The van der Waals surface area contributed by atoms with Crippen LogP contribution in [-0.2, 0) is 11.2 Å². The highest BCUT2D eigenvalue weighted by molar-refractivity contribution is 5.87. The van der Waals surface area contributed by atoms with Crippen LogP contribution in [0.1, 0.15) is 18.2 Å². The first-order valence-electron chi connectivity index (χ1n) is 7.29. The average molecular weight is 318 g/mol. The molecule has 0 aromatic carbocycles. The zero-order valence-electron chi connectivity index (χ0n) is 13.3. The van der Waals surface area contributed by atoms with Gasteiger partial charge in [0.1, 0.15) is 6.04 Å². The summed E-state index contributed by atoms with van der Waals surface area (Å²) in [5.74, 6) is 1.72. The van der Waals surface area contributed by atoms with Crippen LogP contribution < -0.4 is 16.0 Å². The molecule has 23 heavy (non-hydrogen) atoms. The number of nitrogens with zero attached hydrogens (tertiary/aromatic N) is 1. The molecule has 124 valence electrons. The van der Waals surface area contributed by atoms with E-state index in [-0.39, 0.29) is 6.54 Å². The maximum absolute atomic E-state index is 11.8. The second-order valence-corrected chi connectivity index (χ2v) is 5.06. The number of aromatic nitrogens is 1. The van der Waals surface area contributed by atoms with Crippen LogP contribution in [0.25, 0.3) is 0 Å². The second kappa shape index (κ2) is 9.43. The van der Waals surface area contributed by atoms with E-state index in [0.717, 1.165) is 11.3 Å². The van der Waals surface area contributed by atoms with Crippen molar-refractivity contribution in [1.29, 1.82) is 0 Å². The van der Waals surface area contributed by atoms with Crippen molar-refractivity contribution < 1.29 is 14.7 Å². The summed E-state index contributed by atoms with van der Waals surface area (Å²) in [7, 11) is 0. The van der Waals surface area contributed by atoms with Crippen LogP contribution in [0.3, 0.4) is 0 Å². The number of hydrogen-bond donors (Lipinski definition) is 4. The molecule has 0 saturated carbocycles. The monoisotopic (exact) mass is 318 g/mol. The Morgan fingerprint density at radius 2 is 2.17 bits per heavy atom. The van der Waals surface area contributed by atoms with Crippen molar-refractivity contribution in [2.75, 3.05) is 13.1 Å². The highest BCUT2D eigenvalue weighted by Gasteiger charge is 2.24. The summed E-state index contributed by atoms with van der Waals surface area (Å²) in [4.78, 5) is 27.9. The normalized spacial score (nSPS) is 12.6. The van der Waals surface area contributed by atoms with Gasteiger partial charge in [0, 0.05) is 24.9 Å². The number of rotatable bonds is 7. The van der Waals surface area contributed by atoms with Gasteiger partial charge in [-0.25, -0.2) is 4.79 Å². The summed E-state index contributed by atoms with van der Waals surface area (Å²) in [6.07, 6.45) is 6.28. The van der Waals surface area contributed by atoms with Gasteiger partial charge in [-0.1, -0.05) is 12.0 Å². The number of pyridine rings is 1. The van der Waals surface area contributed by atoms with E-state index in [1.54, 1.807) is 6.20 Å². The number of amides is 3. The minimum absolute atomic E-state index is 0.0320. The van der Waals surface area contributed by atoms with Crippen LogP contribution in [0, 0.1) is 19.3 Å². The Bertz CT molecular complexity index is 581. The van der Waals surface area contributed by atoms with Gasteiger partial charge in [-0.05, 0) is 25.5 Å². The first-order valence-corrected chi connectivity index (χ1v) is 7.29. The Morgan fingerprint density at radius 1 is 1.43 bits per heavy atom. The third-order valence-electron chi connectivity index (χ3n) is 3.18. The summed E-state index contributed by atoms with van der Waals surface area (Å²) >= 11 is 0. The molecule has 2 atom stereocenters. The van der Waals surface area contributed by atoms with E-state index in [1.165, 1.54) is 6.92 Å². The Hall–Kier alpha value is -2.59. The smallest absolute Gasteiger partial charge is 0.315 e. The molecule has 0 saturated heterocycles. The Labute approximate surface area is 135 Å². The predicted molar refractivity (Wildman–Crippen MR) is 86.5 cm³/mol. The molecule has 1 aromatic heterocycles. The molecule has 4 N–H and O–H groups in total. The van der Waals surface area contributed by atoms with Crippen molar-refractivity contribution in [3.05, 3.63) is 29.6 Å². The predicted octanol–water partition coefficient (Wildman–Crippen LogP) is -0.269. The van der Waals surface area contributed by atoms with Gasteiger partial charge in [-0.2, -0.15) is 0 Å². The molecular formula is C16H22N4O3. The molecule has 7 nitrogen and oxygen atoms in total. The molecule has 0 aliphatic rings. The quantitative estimate of drug-likeness (QED) is 0.520. The van der Waals surface area contributed by atoms with Crippen LogP contribution in [0.5, 0.6) is 0 Å². The van der Waals surface area contributed by atoms with Crippen molar-refractivity contribution in [3.63, 3.8) is 0 Å². The highest BCUT2D eigenvalue weighted by atomic mass is 16.3. The Balaban J connectivity index is 2.45. The van der Waals surface area contributed by atoms with E-state index in [2.05, 4.69) is 26.9 Å². The van der Waals surface area contributed by atoms with Crippen molar-refractivity contribution in [2.24, 2.45) is 0 Å². The molecule has 1 aromatic rings. The Kier molecular flexibility index (Phi) is 7.57. The van der Waals surface area contributed by atoms with Gasteiger partial charge in [0.15, 0.2) is 0 Å². The maximum Gasteiger partial charge on any atom is 0.315 e. The van der Waals surface area contributed by atoms with Crippen molar-refractivity contribution in [2.45, 2.75) is 32.4 Å². The van der Waals surface area contributed by atoms with Crippen LogP contribution in [0.15, 0.2) is 18.3 Å². The number of aliphatic hydroxyl groups excluding tert-OH is 1. The summed E-state index contributed by atoms with van der Waals surface area (Å²) in [6.45, 7) is 3.76. The largest absolute Gasteiger partial charge is 0.391 e. The van der Waals surface area contributed by atoms with Crippen molar-refractivity contribution in [3.8, 4) is 12.3 Å². The lowest BCUT2D eigenvalue weighted by Crippen LogP contribution is -2.55. The van der Waals surface area contributed by atoms with Crippen molar-refractivity contribution >= 4 is 11.9 Å². The fraction of sp³-hybridized carbons (Fsp3) is 0.438. The zero-order chi connectivity index (χ0) is 17.2. The van der Waals surface area contributed by atoms with E-state index >= 15 is 0 Å². The maximum atomic E-state index is 11.8. The van der Waals surface area contributed by atoms with Gasteiger partial charge >= 0.3 is 6.03 Å². The fourth-order valence-electron chi connectivity index (χ4n) is 1.92. The molecule has 3 amide bonds. The molecule has 7 heteroatoms. The summed E-state index contributed by atoms with van der Waals surface area (Å²) in [5, 5.41) is 17.1. The van der Waals surface area contributed by atoms with Gasteiger partial charge in [0.05, 0.1) is 12.6 Å². The van der Waals surface area contributed by atoms with Gasteiger partial charge in [-0.3, -0.25) is 9.78 Å². The lowest BCUT2D eigenvalue weighted by molar-refractivity contribution is -0.124. The van der Waals surface area contributed by atoms with E-state index in [4.69, 9.17) is 6.42 Å². The zero-order valence-corrected chi connectivity index (χ0v) is 13.3. The molecule has 0 aliphatic heterocycles. The lowest BCUT2D eigenvalue weighted by Gasteiger charge is -2.20. The third-order valence-corrected chi connectivity index (χ3v) is 3.18. The minimum atomic E-state index is -1.07. The number of carbonyl (C=O) groups excluding carboxylic acids is 2. The molecule has 1 heterocycles. The van der Waals surface area contributed by atoms with Crippen LogP contribution in [0.4, 0.5) is 4.79 Å². The molecule has 1 rings (SSSR count). The molecule has 0 unspecified atom stereocenters. The average Bonchev–Trinajstić information content (AvgIpc) is 2.51. The standard InChI is InChI=1S/C16H22N4O3/c1-4-8-18-15(22)14(12(3)21)20-16(23)19-10-7-13-11(2)6-5-9-17-13/h1,5-6,9,12,14,21H,7-8,10H2,2-3H3,(H,18,22)(H2,19,20,23)/t12-,14+/m1/s1. The number of hydrogen-bond acceptors (Lipinski definition) is 4. The molecule has 0 radical (unpaired) electrons. The van der Waals surface area contributed by atoms with Gasteiger partial charge in [0.25, 0.3) is 0 Å². The summed E-state index contributed by atoms with van der Waals surface area (Å²) in [5.41, 5.74) is 1.94. The van der Waals surface area contributed by atoms with Crippen LogP contribution >= 0.6 is 0 Å². The van der Waals surface area contributed by atoms with Gasteiger partial charge in [-0.15, -0.1) is 6.42 Å². The Morgan fingerprint density at radius 3 is 2.78 bits per heavy atom. The van der Waals surface area contributed by atoms with Crippen LogP contribution in [0.2, 0.25) is 0 Å². The number of nitrogens with one attached hydrogen (secondary N) is 3. The summed E-state index contributed by atoms with van der Waals surface area (Å²) in [6, 6.07) is 2.18. The first kappa shape index (κ1) is 18.5. The number of aliphatic hydroxyl groups is 1. The fourth-order valence-corrected chi connectivity index (χ4v) is 1.92. The van der Waals surface area contributed by atoms with Gasteiger partial charge < -0.3 is 21.1 Å². The van der Waals surface area contributed by atoms with Crippen molar-refractivity contribution in [1.82, 2.24) is 20.9 Å². The lowest BCUT2D eigenvalue weighted by atomic mass is 10.1. The molecule has 0 spiro atoms. The minimum Gasteiger partial charge on any atom is -0.391 e. The third kappa shape index (κ3) is 6.36. The molecule has 0 bridgehead atoms. The highest BCUT2D eigenvalue weighted by Crippen LogP contribution is 2.02. The molecule has 0 aliphatic carbocycles. The van der Waals surface area contributed by atoms with E-state index < -0.39 is 24.1 Å². The van der Waals surface area contributed by atoms with E-state index in [0.29, 0.717) is 13.0 Å². The van der Waals surface area contributed by atoms with Gasteiger partial charge in [0.2, 0.25) is 5.91 Å². The number of terminal acetylenes is 1. The summed E-state index contributed by atoms with van der Waals surface area (Å²) < 4.78 is 0.